The molecule has 1 aromatic heterocycles. The highest BCUT2D eigenvalue weighted by atomic mass is 35.5. The van der Waals surface area contributed by atoms with E-state index in [0.29, 0.717) is 27.8 Å². The summed E-state index contributed by atoms with van der Waals surface area (Å²) in [6.07, 6.45) is 0. The Bertz CT molecular complexity index is 1000. The quantitative estimate of drug-likeness (QED) is 0.606. The van der Waals surface area contributed by atoms with Gasteiger partial charge in [-0.2, -0.15) is 5.10 Å². The van der Waals surface area contributed by atoms with Crippen molar-refractivity contribution >= 4 is 34.8 Å². The standard InChI is InChI=1S/C21H21Cl2N3O/c1-12-8-9-13(2)16(10-12)21(27)24-20-14(3)25-26(15(20)4)11-17-18(22)6-5-7-19(17)23/h5-10H,11H2,1-4H3,(H,24,27). The molecule has 0 atom stereocenters. The summed E-state index contributed by atoms with van der Waals surface area (Å²) in [5.41, 5.74) is 5.75. The monoisotopic (exact) mass is 401 g/mol. The number of aryl methyl sites for hydroxylation is 3. The number of nitrogens with one attached hydrogen (secondary N) is 1. The van der Waals surface area contributed by atoms with E-state index >= 15 is 0 Å². The average molecular weight is 402 g/mol. The van der Waals surface area contributed by atoms with Gasteiger partial charge in [-0.25, -0.2) is 0 Å². The van der Waals surface area contributed by atoms with Crippen molar-refractivity contribution < 1.29 is 4.79 Å². The Morgan fingerprint density at radius 3 is 2.41 bits per heavy atom. The Morgan fingerprint density at radius 1 is 1.07 bits per heavy atom. The van der Waals surface area contributed by atoms with Crippen molar-refractivity contribution in [2.45, 2.75) is 34.2 Å². The molecule has 0 aliphatic heterocycles. The SMILES string of the molecule is Cc1ccc(C)c(C(=O)Nc2c(C)nn(Cc3c(Cl)cccc3Cl)c2C)c1. The third kappa shape index (κ3) is 4.02. The van der Waals surface area contributed by atoms with E-state index in [2.05, 4.69) is 10.4 Å². The maximum Gasteiger partial charge on any atom is 0.256 e. The van der Waals surface area contributed by atoms with Gasteiger partial charge in [0.05, 0.1) is 23.6 Å². The summed E-state index contributed by atoms with van der Waals surface area (Å²) in [4.78, 5) is 12.8. The molecule has 1 heterocycles. The third-order valence-corrected chi connectivity index (χ3v) is 5.34. The van der Waals surface area contributed by atoms with Crippen LogP contribution < -0.4 is 5.32 Å². The second-order valence-electron chi connectivity index (χ2n) is 6.68. The molecule has 0 aliphatic carbocycles. The number of halogens is 2. The lowest BCUT2D eigenvalue weighted by Gasteiger charge is -2.11. The average Bonchev–Trinajstić information content (AvgIpc) is 2.87. The number of hydrogen-bond donors (Lipinski definition) is 1. The Morgan fingerprint density at radius 2 is 1.74 bits per heavy atom. The number of hydrogen-bond acceptors (Lipinski definition) is 2. The maximum absolute atomic E-state index is 12.8. The second-order valence-corrected chi connectivity index (χ2v) is 7.49. The third-order valence-electron chi connectivity index (χ3n) is 4.63. The van der Waals surface area contributed by atoms with Crippen LogP contribution >= 0.6 is 23.2 Å². The molecular formula is C21H21Cl2N3O. The van der Waals surface area contributed by atoms with E-state index in [9.17, 15) is 4.79 Å². The number of carbonyl (C=O) groups is 1. The van der Waals surface area contributed by atoms with Gasteiger partial charge in [0.25, 0.3) is 5.91 Å². The zero-order chi connectivity index (χ0) is 19.7. The maximum atomic E-state index is 12.8. The van der Waals surface area contributed by atoms with Crippen molar-refractivity contribution in [3.05, 3.63) is 80.1 Å². The Labute approximate surface area is 169 Å². The zero-order valence-corrected chi connectivity index (χ0v) is 17.2. The van der Waals surface area contributed by atoms with Crippen LogP contribution in [0.1, 0.15) is 38.4 Å². The van der Waals surface area contributed by atoms with Crippen molar-refractivity contribution in [1.29, 1.82) is 0 Å². The van der Waals surface area contributed by atoms with E-state index in [-0.39, 0.29) is 5.91 Å². The lowest BCUT2D eigenvalue weighted by Crippen LogP contribution is -2.15. The molecule has 6 heteroatoms. The Kier molecular flexibility index (Phi) is 5.59. The first-order chi connectivity index (χ1) is 12.8. The van der Waals surface area contributed by atoms with Crippen molar-refractivity contribution in [3.8, 4) is 0 Å². The van der Waals surface area contributed by atoms with E-state index in [1.54, 1.807) is 16.8 Å². The molecule has 0 aliphatic rings. The van der Waals surface area contributed by atoms with Crippen LogP contribution in [0.5, 0.6) is 0 Å². The number of amides is 1. The summed E-state index contributed by atoms with van der Waals surface area (Å²) in [7, 11) is 0. The van der Waals surface area contributed by atoms with Crippen LogP contribution in [0.15, 0.2) is 36.4 Å². The predicted octanol–water partition coefficient (Wildman–Crippen LogP) is 5.72. The number of benzene rings is 2. The van der Waals surface area contributed by atoms with Gasteiger partial charge in [-0.1, -0.05) is 47.0 Å². The molecule has 0 bridgehead atoms. The molecule has 0 saturated carbocycles. The summed E-state index contributed by atoms with van der Waals surface area (Å²) in [5.74, 6) is -0.141. The number of anilines is 1. The summed E-state index contributed by atoms with van der Waals surface area (Å²) >= 11 is 12.6. The normalized spacial score (nSPS) is 10.9. The first kappa shape index (κ1) is 19.5. The Balaban J connectivity index is 1.90. The molecule has 3 aromatic rings. The van der Waals surface area contributed by atoms with Gasteiger partial charge in [-0.05, 0) is 51.5 Å². The minimum atomic E-state index is -0.141. The van der Waals surface area contributed by atoms with Crippen molar-refractivity contribution in [1.82, 2.24) is 9.78 Å². The van der Waals surface area contributed by atoms with Gasteiger partial charge in [0.15, 0.2) is 0 Å². The minimum Gasteiger partial charge on any atom is -0.319 e. The van der Waals surface area contributed by atoms with Crippen LogP contribution in [0.4, 0.5) is 5.69 Å². The molecule has 0 radical (unpaired) electrons. The van der Waals surface area contributed by atoms with Crippen molar-refractivity contribution in [2.24, 2.45) is 0 Å². The smallest absolute Gasteiger partial charge is 0.256 e. The molecule has 1 amide bonds. The lowest BCUT2D eigenvalue weighted by atomic mass is 10.0. The van der Waals surface area contributed by atoms with Gasteiger partial charge in [-0.15, -0.1) is 0 Å². The second kappa shape index (κ2) is 7.75. The van der Waals surface area contributed by atoms with Crippen LogP contribution in [0, 0.1) is 27.7 Å². The highest BCUT2D eigenvalue weighted by Gasteiger charge is 2.18. The topological polar surface area (TPSA) is 46.9 Å². The molecule has 0 saturated heterocycles. The molecule has 0 unspecified atom stereocenters. The van der Waals surface area contributed by atoms with Gasteiger partial charge in [0, 0.05) is 21.2 Å². The molecule has 1 N–H and O–H groups in total. The van der Waals surface area contributed by atoms with Crippen LogP contribution in [0.2, 0.25) is 10.0 Å². The number of carbonyl (C=O) groups excluding carboxylic acids is 1. The fourth-order valence-electron chi connectivity index (χ4n) is 3.03. The zero-order valence-electron chi connectivity index (χ0n) is 15.7. The summed E-state index contributed by atoms with van der Waals surface area (Å²) in [6, 6.07) is 11.3. The van der Waals surface area contributed by atoms with Gasteiger partial charge in [0.1, 0.15) is 0 Å². The van der Waals surface area contributed by atoms with Crippen molar-refractivity contribution in [3.63, 3.8) is 0 Å². The number of nitrogens with zero attached hydrogens (tertiary/aromatic N) is 2. The molecule has 3 rings (SSSR count). The van der Waals surface area contributed by atoms with Gasteiger partial charge >= 0.3 is 0 Å². The Hall–Kier alpha value is -2.30. The molecular weight excluding hydrogens is 381 g/mol. The van der Waals surface area contributed by atoms with E-state index in [1.165, 1.54) is 0 Å². The van der Waals surface area contributed by atoms with Crippen LogP contribution in [0.3, 0.4) is 0 Å². The highest BCUT2D eigenvalue weighted by Crippen LogP contribution is 2.28. The molecule has 2 aromatic carbocycles. The molecule has 4 nitrogen and oxygen atoms in total. The summed E-state index contributed by atoms with van der Waals surface area (Å²) < 4.78 is 1.81. The van der Waals surface area contributed by atoms with Crippen LogP contribution in [0.25, 0.3) is 0 Å². The van der Waals surface area contributed by atoms with E-state index in [0.717, 1.165) is 28.1 Å². The first-order valence-corrected chi connectivity index (χ1v) is 9.39. The molecule has 27 heavy (non-hydrogen) atoms. The fraction of sp³-hybridized carbons (Fsp3) is 0.238. The van der Waals surface area contributed by atoms with E-state index < -0.39 is 0 Å². The van der Waals surface area contributed by atoms with Crippen LogP contribution in [-0.4, -0.2) is 15.7 Å². The first-order valence-electron chi connectivity index (χ1n) is 8.63. The summed E-state index contributed by atoms with van der Waals surface area (Å²) in [6.45, 7) is 8.12. The lowest BCUT2D eigenvalue weighted by molar-refractivity contribution is 0.102. The number of aromatic nitrogens is 2. The van der Waals surface area contributed by atoms with E-state index in [1.807, 2.05) is 52.0 Å². The predicted molar refractivity (Wildman–Crippen MR) is 111 cm³/mol. The van der Waals surface area contributed by atoms with E-state index in [4.69, 9.17) is 23.2 Å². The molecule has 0 fully saturated rings. The minimum absolute atomic E-state index is 0.141. The van der Waals surface area contributed by atoms with Crippen molar-refractivity contribution in [2.75, 3.05) is 5.32 Å². The van der Waals surface area contributed by atoms with Gasteiger partial charge < -0.3 is 5.32 Å². The van der Waals surface area contributed by atoms with Gasteiger partial charge in [-0.3, -0.25) is 9.48 Å². The molecule has 0 spiro atoms. The van der Waals surface area contributed by atoms with Gasteiger partial charge in [0.2, 0.25) is 0 Å². The van der Waals surface area contributed by atoms with Crippen LogP contribution in [-0.2, 0) is 6.54 Å². The molecule has 140 valence electrons. The highest BCUT2D eigenvalue weighted by molar-refractivity contribution is 6.36. The largest absolute Gasteiger partial charge is 0.319 e. The fourth-order valence-corrected chi connectivity index (χ4v) is 3.54. The number of rotatable bonds is 4. The summed E-state index contributed by atoms with van der Waals surface area (Å²) in [5, 5.41) is 8.76.